The number of rotatable bonds is 7. The zero-order chi connectivity index (χ0) is 23.2. The molecule has 0 bridgehead atoms. The van der Waals surface area contributed by atoms with Crippen molar-refractivity contribution in [1.29, 1.82) is 0 Å². The summed E-state index contributed by atoms with van der Waals surface area (Å²) in [5, 5.41) is 11.9. The molecule has 1 amide bonds. The van der Waals surface area contributed by atoms with Crippen LogP contribution in [0.4, 0.5) is 0 Å². The number of nitrogens with zero attached hydrogens (tertiary/aromatic N) is 2. The van der Waals surface area contributed by atoms with Crippen LogP contribution in [-0.4, -0.2) is 21.8 Å². The molecule has 0 unspecified atom stereocenters. The van der Waals surface area contributed by atoms with Gasteiger partial charge in [-0.25, -0.2) is 5.43 Å². The number of carbonyl (C=O) groups excluding carboxylic acids is 1. The summed E-state index contributed by atoms with van der Waals surface area (Å²) >= 11 is 9.31. The van der Waals surface area contributed by atoms with Crippen LogP contribution in [0.2, 0.25) is 5.02 Å². The van der Waals surface area contributed by atoms with Crippen molar-refractivity contribution < 1.29 is 9.53 Å². The third-order valence-electron chi connectivity index (χ3n) is 4.88. The van der Waals surface area contributed by atoms with Gasteiger partial charge in [0.05, 0.1) is 11.4 Å². The third kappa shape index (κ3) is 6.09. The quantitative estimate of drug-likeness (QED) is 0.223. The second kappa shape index (κ2) is 10.5. The summed E-state index contributed by atoms with van der Waals surface area (Å²) in [4.78, 5) is 12.4. The lowest BCUT2D eigenvalue weighted by atomic mass is 10.1. The predicted octanol–water partition coefficient (Wildman–Crippen LogP) is 6.23. The molecule has 0 aliphatic rings. The van der Waals surface area contributed by atoms with Gasteiger partial charge >= 0.3 is 0 Å². The average molecular weight is 524 g/mol. The number of amides is 1. The van der Waals surface area contributed by atoms with E-state index in [0.717, 1.165) is 26.9 Å². The van der Waals surface area contributed by atoms with Crippen molar-refractivity contribution >= 4 is 39.1 Å². The Bertz CT molecular complexity index is 1270. The van der Waals surface area contributed by atoms with Crippen molar-refractivity contribution in [2.45, 2.75) is 13.5 Å². The maximum absolute atomic E-state index is 12.4. The number of nitrogens with one attached hydrogen (secondary N) is 2. The van der Waals surface area contributed by atoms with Crippen LogP contribution in [0.3, 0.4) is 0 Å². The van der Waals surface area contributed by atoms with Gasteiger partial charge in [0.25, 0.3) is 5.91 Å². The molecule has 1 heterocycles. The molecule has 0 fully saturated rings. The molecule has 0 aliphatic heterocycles. The summed E-state index contributed by atoms with van der Waals surface area (Å²) in [5.74, 6) is 0.369. The van der Waals surface area contributed by atoms with Crippen LogP contribution < -0.4 is 10.2 Å². The highest BCUT2D eigenvalue weighted by molar-refractivity contribution is 9.10. The van der Waals surface area contributed by atoms with Crippen molar-refractivity contribution in [3.63, 3.8) is 0 Å². The standard InChI is InChI=1S/C25H20BrClN4O2/c1-16(18-4-8-20(26)9-5-18)28-31-25(32)24-14-23(29-30-24)19-6-12-22(13-7-19)33-15-17-2-10-21(27)11-3-17/h2-14H,15H2,1H3,(H,29,30)(H,31,32). The van der Waals surface area contributed by atoms with Crippen LogP contribution in [0.15, 0.2) is 88.4 Å². The van der Waals surface area contributed by atoms with E-state index >= 15 is 0 Å². The largest absolute Gasteiger partial charge is 0.489 e. The first-order valence-corrected chi connectivity index (χ1v) is 11.3. The van der Waals surface area contributed by atoms with E-state index in [4.69, 9.17) is 16.3 Å². The first kappa shape index (κ1) is 22.8. The third-order valence-corrected chi connectivity index (χ3v) is 5.66. The summed E-state index contributed by atoms with van der Waals surface area (Å²) in [6, 6.07) is 24.4. The lowest BCUT2D eigenvalue weighted by Gasteiger charge is -2.07. The molecule has 166 valence electrons. The molecule has 4 rings (SSSR count). The van der Waals surface area contributed by atoms with E-state index < -0.39 is 0 Å². The smallest absolute Gasteiger partial charge is 0.289 e. The van der Waals surface area contributed by atoms with E-state index in [1.54, 1.807) is 6.07 Å². The molecule has 0 spiro atoms. The lowest BCUT2D eigenvalue weighted by Crippen LogP contribution is -2.19. The van der Waals surface area contributed by atoms with Gasteiger partial charge in [0.2, 0.25) is 0 Å². The number of carbonyl (C=O) groups is 1. The highest BCUT2D eigenvalue weighted by Crippen LogP contribution is 2.22. The van der Waals surface area contributed by atoms with Crippen molar-refractivity contribution in [1.82, 2.24) is 15.6 Å². The van der Waals surface area contributed by atoms with Crippen molar-refractivity contribution in [2.75, 3.05) is 0 Å². The minimum atomic E-state index is -0.367. The molecule has 3 aromatic carbocycles. The Morgan fingerprint density at radius 2 is 1.76 bits per heavy atom. The van der Waals surface area contributed by atoms with Gasteiger partial charge in [-0.05, 0) is 72.6 Å². The van der Waals surface area contributed by atoms with E-state index in [9.17, 15) is 4.79 Å². The monoisotopic (exact) mass is 522 g/mol. The van der Waals surface area contributed by atoms with E-state index in [2.05, 4.69) is 36.7 Å². The van der Waals surface area contributed by atoms with Crippen LogP contribution in [0.25, 0.3) is 11.3 Å². The van der Waals surface area contributed by atoms with Gasteiger partial charge in [0.1, 0.15) is 18.1 Å². The summed E-state index contributed by atoms with van der Waals surface area (Å²) in [6.45, 7) is 2.28. The summed E-state index contributed by atoms with van der Waals surface area (Å²) in [6.07, 6.45) is 0. The molecule has 6 nitrogen and oxygen atoms in total. The minimum absolute atomic E-state index is 0.320. The molecular weight excluding hydrogens is 504 g/mol. The van der Waals surface area contributed by atoms with Gasteiger partial charge in [0, 0.05) is 15.1 Å². The minimum Gasteiger partial charge on any atom is -0.489 e. The lowest BCUT2D eigenvalue weighted by molar-refractivity contribution is 0.0950. The van der Waals surface area contributed by atoms with E-state index in [0.29, 0.717) is 28.7 Å². The van der Waals surface area contributed by atoms with Crippen molar-refractivity contribution in [3.8, 4) is 17.0 Å². The molecule has 1 aromatic heterocycles. The number of aromatic nitrogens is 2. The highest BCUT2D eigenvalue weighted by atomic mass is 79.9. The van der Waals surface area contributed by atoms with Gasteiger partial charge in [-0.15, -0.1) is 0 Å². The maximum atomic E-state index is 12.4. The Morgan fingerprint density at radius 3 is 2.45 bits per heavy atom. The topological polar surface area (TPSA) is 79.4 Å². The molecule has 0 aliphatic carbocycles. The Hall–Kier alpha value is -3.42. The molecule has 2 N–H and O–H groups in total. The zero-order valence-corrected chi connectivity index (χ0v) is 20.0. The number of hydrazone groups is 1. The van der Waals surface area contributed by atoms with Crippen LogP contribution in [0, 0.1) is 0 Å². The molecule has 4 aromatic rings. The summed E-state index contributed by atoms with van der Waals surface area (Å²) in [7, 11) is 0. The number of hydrogen-bond donors (Lipinski definition) is 2. The molecule has 0 saturated heterocycles. The average Bonchev–Trinajstić information content (AvgIpc) is 3.33. The fourth-order valence-electron chi connectivity index (χ4n) is 3.01. The number of ether oxygens (including phenoxy) is 1. The Morgan fingerprint density at radius 1 is 1.06 bits per heavy atom. The van der Waals surface area contributed by atoms with Gasteiger partial charge in [-0.2, -0.15) is 10.2 Å². The molecular formula is C25H20BrClN4O2. The van der Waals surface area contributed by atoms with E-state index in [-0.39, 0.29) is 5.91 Å². The maximum Gasteiger partial charge on any atom is 0.289 e. The molecule has 8 heteroatoms. The second-order valence-corrected chi connectivity index (χ2v) is 8.60. The Kier molecular flexibility index (Phi) is 7.22. The number of benzene rings is 3. The predicted molar refractivity (Wildman–Crippen MR) is 134 cm³/mol. The molecule has 0 saturated carbocycles. The fraction of sp³-hybridized carbons (Fsp3) is 0.0800. The fourth-order valence-corrected chi connectivity index (χ4v) is 3.40. The summed E-state index contributed by atoms with van der Waals surface area (Å²) < 4.78 is 6.79. The normalized spacial score (nSPS) is 11.3. The van der Waals surface area contributed by atoms with Crippen molar-refractivity contribution in [2.24, 2.45) is 5.10 Å². The van der Waals surface area contributed by atoms with Crippen molar-refractivity contribution in [3.05, 3.63) is 105 Å². The van der Waals surface area contributed by atoms with Crippen LogP contribution in [0.5, 0.6) is 5.75 Å². The first-order valence-electron chi connectivity index (χ1n) is 10.1. The number of hydrogen-bond acceptors (Lipinski definition) is 4. The van der Waals surface area contributed by atoms with Gasteiger partial charge in [0.15, 0.2) is 0 Å². The molecule has 0 radical (unpaired) electrons. The van der Waals surface area contributed by atoms with Gasteiger partial charge < -0.3 is 4.74 Å². The number of halogens is 2. The second-order valence-electron chi connectivity index (χ2n) is 7.25. The zero-order valence-electron chi connectivity index (χ0n) is 17.7. The van der Waals surface area contributed by atoms with Gasteiger partial charge in [-0.1, -0.05) is 51.8 Å². The highest BCUT2D eigenvalue weighted by Gasteiger charge is 2.11. The van der Waals surface area contributed by atoms with Gasteiger partial charge in [-0.3, -0.25) is 9.89 Å². The van der Waals surface area contributed by atoms with Crippen LogP contribution >= 0.6 is 27.5 Å². The summed E-state index contributed by atoms with van der Waals surface area (Å²) in [5.41, 5.74) is 7.04. The Labute approximate surface area is 204 Å². The number of aromatic amines is 1. The number of H-pyrrole nitrogens is 1. The molecule has 33 heavy (non-hydrogen) atoms. The van der Waals surface area contributed by atoms with Crippen LogP contribution in [-0.2, 0) is 6.61 Å². The Balaban J connectivity index is 1.36. The van der Waals surface area contributed by atoms with E-state index in [1.807, 2.05) is 79.7 Å². The first-order chi connectivity index (χ1) is 16.0. The molecule has 0 atom stereocenters. The van der Waals surface area contributed by atoms with E-state index in [1.165, 1.54) is 0 Å². The van der Waals surface area contributed by atoms with Crippen LogP contribution in [0.1, 0.15) is 28.5 Å². The SMILES string of the molecule is CC(=NNC(=O)c1cc(-c2ccc(OCc3ccc(Cl)cc3)cc2)n[nH]1)c1ccc(Br)cc1.